The van der Waals surface area contributed by atoms with Crippen molar-refractivity contribution in [2.75, 3.05) is 54.1 Å². The molecule has 0 rings (SSSR count). The Balaban J connectivity index is 4.28. The normalized spacial score (nSPS) is 14.6. The lowest BCUT2D eigenvalue weighted by Crippen LogP contribution is -2.37. The van der Waals surface area contributed by atoms with Gasteiger partial charge in [-0.3, -0.25) is 13.8 Å². The van der Waals surface area contributed by atoms with Gasteiger partial charge in [-0.15, -0.1) is 0 Å². The highest BCUT2D eigenvalue weighted by Gasteiger charge is 2.26. The minimum absolute atomic E-state index is 0.0695. The number of carbonyl (C=O) groups is 1. The third kappa shape index (κ3) is 51.7. The largest absolute Gasteiger partial charge is 0.472 e. The fourth-order valence-electron chi connectivity index (χ4n) is 6.21. The van der Waals surface area contributed by atoms with Crippen LogP contribution < -0.4 is 0 Å². The van der Waals surface area contributed by atoms with E-state index in [9.17, 15) is 14.3 Å². The summed E-state index contributed by atoms with van der Waals surface area (Å²) in [4.78, 5) is 23.0. The Kier molecular flexibility index (Phi) is 45.1. The van der Waals surface area contributed by atoms with Crippen LogP contribution in [0.4, 0.5) is 0 Å². The number of phosphoric ester groups is 1. The third-order valence-corrected chi connectivity index (χ3v) is 11.0. The van der Waals surface area contributed by atoms with Gasteiger partial charge in [-0.25, -0.2) is 4.57 Å². The minimum Gasteiger partial charge on any atom is -0.457 e. The molecule has 65 heavy (non-hydrogen) atoms. The van der Waals surface area contributed by atoms with Crippen LogP contribution in [0.2, 0.25) is 0 Å². The van der Waals surface area contributed by atoms with Crippen LogP contribution in [-0.4, -0.2) is 75.6 Å². The SMILES string of the molecule is CC/C=C\C/C=C\C/C=C\C/C=C\C/C=C\C/C=C\CCCOCC(COP(=O)(O)OCC[N+](C)(C)C)OC(=O)CCCCCCCCCCCC/C=C\C/C=C\C/C=C\C/C=C\CC. The van der Waals surface area contributed by atoms with Gasteiger partial charge in [0.2, 0.25) is 0 Å². The summed E-state index contributed by atoms with van der Waals surface area (Å²) in [5.41, 5.74) is 0. The Morgan fingerprint density at radius 3 is 1.26 bits per heavy atom. The van der Waals surface area contributed by atoms with Crippen LogP contribution in [0.5, 0.6) is 0 Å². The number of ether oxygens (including phenoxy) is 2. The van der Waals surface area contributed by atoms with Crippen LogP contribution in [-0.2, 0) is 27.9 Å². The Hall–Kier alpha value is -3.10. The second-order valence-electron chi connectivity index (χ2n) is 17.4. The van der Waals surface area contributed by atoms with Crippen molar-refractivity contribution in [3.63, 3.8) is 0 Å². The molecule has 0 amide bonds. The zero-order valence-electron chi connectivity index (χ0n) is 41.9. The number of phosphoric acid groups is 1. The maximum Gasteiger partial charge on any atom is 0.472 e. The summed E-state index contributed by atoms with van der Waals surface area (Å²) < 4.78 is 35.0. The van der Waals surface area contributed by atoms with Gasteiger partial charge in [0.1, 0.15) is 19.3 Å². The number of hydrogen-bond acceptors (Lipinski definition) is 6. The van der Waals surface area contributed by atoms with Gasteiger partial charge in [0.25, 0.3) is 0 Å². The molecule has 0 saturated heterocycles. The fraction of sp³-hybridized carbons (Fsp3) is 0.625. The molecule has 0 radical (unpaired) electrons. The average Bonchev–Trinajstić information content (AvgIpc) is 3.27. The Bertz CT molecular complexity index is 1450. The standard InChI is InChI=1S/C56H94NO7P/c1-6-8-10-12-14-16-18-20-22-24-26-28-29-30-31-33-35-37-39-41-43-45-47-49-56(58)64-55(54-63-65(59,60)62-52-50-57(3,4)5)53-61-51-48-46-44-42-40-38-36-34-32-27-25-23-21-19-17-15-13-11-9-7-2/h8-11,14-17,20-23,26-28,32,36,38,42,44,55H,6-7,12-13,18-19,24-25,29-31,33-35,37,39-41,43,45-54H2,1-5H3/p+1/b10-8-,11-9-,16-14-,17-15-,22-20-,23-21-,28-26-,32-27-,38-36-,44-42-. The van der Waals surface area contributed by atoms with Crippen molar-refractivity contribution in [2.24, 2.45) is 0 Å². The van der Waals surface area contributed by atoms with Crippen molar-refractivity contribution in [2.45, 2.75) is 174 Å². The molecule has 9 heteroatoms. The second kappa shape index (κ2) is 47.4. The van der Waals surface area contributed by atoms with E-state index in [1.54, 1.807) is 0 Å². The van der Waals surface area contributed by atoms with E-state index < -0.39 is 13.9 Å². The molecule has 0 aliphatic heterocycles. The molecule has 0 aromatic heterocycles. The van der Waals surface area contributed by atoms with Crippen molar-refractivity contribution in [1.82, 2.24) is 0 Å². The van der Waals surface area contributed by atoms with Gasteiger partial charge >= 0.3 is 13.8 Å². The molecule has 0 aromatic rings. The maximum atomic E-state index is 12.8. The van der Waals surface area contributed by atoms with Gasteiger partial charge < -0.3 is 18.9 Å². The smallest absolute Gasteiger partial charge is 0.457 e. The van der Waals surface area contributed by atoms with Crippen molar-refractivity contribution < 1.29 is 37.3 Å². The van der Waals surface area contributed by atoms with Crippen molar-refractivity contribution in [3.8, 4) is 0 Å². The predicted octanol–water partition coefficient (Wildman–Crippen LogP) is 15.7. The highest BCUT2D eigenvalue weighted by molar-refractivity contribution is 7.47. The van der Waals surface area contributed by atoms with E-state index in [0.29, 0.717) is 24.1 Å². The van der Waals surface area contributed by atoms with Crippen LogP contribution in [0.15, 0.2) is 122 Å². The zero-order chi connectivity index (χ0) is 47.6. The van der Waals surface area contributed by atoms with E-state index >= 15 is 0 Å². The number of carbonyl (C=O) groups excluding carboxylic acids is 1. The van der Waals surface area contributed by atoms with E-state index in [1.165, 1.54) is 51.4 Å². The number of rotatable bonds is 45. The molecule has 370 valence electrons. The molecule has 0 aliphatic carbocycles. The summed E-state index contributed by atoms with van der Waals surface area (Å²) in [7, 11) is 1.61. The van der Waals surface area contributed by atoms with Crippen molar-refractivity contribution in [1.29, 1.82) is 0 Å². The first-order chi connectivity index (χ1) is 31.6. The van der Waals surface area contributed by atoms with Crippen LogP contribution in [0.1, 0.15) is 168 Å². The summed E-state index contributed by atoms with van der Waals surface area (Å²) in [6.45, 7) is 5.20. The molecule has 0 fully saturated rings. The van der Waals surface area contributed by atoms with Gasteiger partial charge in [-0.05, 0) is 96.3 Å². The summed E-state index contributed by atoms with van der Waals surface area (Å²) in [6, 6.07) is 0. The molecule has 0 aromatic carbocycles. The van der Waals surface area contributed by atoms with Crippen molar-refractivity contribution in [3.05, 3.63) is 122 Å². The number of nitrogens with zero attached hydrogens (tertiary/aromatic N) is 1. The van der Waals surface area contributed by atoms with E-state index in [4.69, 9.17) is 18.5 Å². The Labute approximate surface area is 399 Å². The van der Waals surface area contributed by atoms with E-state index in [1.807, 2.05) is 21.1 Å². The van der Waals surface area contributed by atoms with E-state index in [-0.39, 0.29) is 25.8 Å². The fourth-order valence-corrected chi connectivity index (χ4v) is 6.95. The molecule has 0 saturated carbocycles. The molecule has 1 N–H and O–H groups in total. The highest BCUT2D eigenvalue weighted by atomic mass is 31.2. The quantitative estimate of drug-likeness (QED) is 0.0214. The summed E-state index contributed by atoms with van der Waals surface area (Å²) >= 11 is 0. The molecule has 0 spiro atoms. The van der Waals surface area contributed by atoms with Gasteiger partial charge in [-0.1, -0.05) is 187 Å². The number of hydrogen-bond donors (Lipinski definition) is 1. The zero-order valence-corrected chi connectivity index (χ0v) is 42.8. The predicted molar refractivity (Wildman–Crippen MR) is 279 cm³/mol. The van der Waals surface area contributed by atoms with Gasteiger partial charge in [0.05, 0.1) is 34.4 Å². The van der Waals surface area contributed by atoms with Gasteiger partial charge in [0.15, 0.2) is 0 Å². The van der Waals surface area contributed by atoms with Crippen LogP contribution >= 0.6 is 7.82 Å². The second-order valence-corrected chi connectivity index (χ2v) is 18.9. The van der Waals surface area contributed by atoms with Crippen LogP contribution in [0.25, 0.3) is 0 Å². The topological polar surface area (TPSA) is 91.3 Å². The highest BCUT2D eigenvalue weighted by Crippen LogP contribution is 2.43. The lowest BCUT2D eigenvalue weighted by Gasteiger charge is -2.24. The number of allylic oxidation sites excluding steroid dienone is 20. The lowest BCUT2D eigenvalue weighted by atomic mass is 10.0. The molecule has 0 bridgehead atoms. The summed E-state index contributed by atoms with van der Waals surface area (Å²) in [5, 5.41) is 0. The van der Waals surface area contributed by atoms with Gasteiger partial charge in [0, 0.05) is 13.0 Å². The number of quaternary nitrogens is 1. The minimum atomic E-state index is -4.31. The molecular weight excluding hydrogens is 830 g/mol. The molecule has 0 heterocycles. The third-order valence-electron chi connectivity index (χ3n) is 10.0. The summed E-state index contributed by atoms with van der Waals surface area (Å²) in [5.74, 6) is -0.343. The average molecular weight is 925 g/mol. The molecule has 2 unspecified atom stereocenters. The molecule has 2 atom stereocenters. The van der Waals surface area contributed by atoms with Crippen LogP contribution in [0.3, 0.4) is 0 Å². The monoisotopic (exact) mass is 925 g/mol. The lowest BCUT2D eigenvalue weighted by molar-refractivity contribution is -0.870. The number of unbranched alkanes of at least 4 members (excludes halogenated alkanes) is 11. The maximum absolute atomic E-state index is 12.8. The Morgan fingerprint density at radius 1 is 0.477 bits per heavy atom. The first-order valence-corrected chi connectivity index (χ1v) is 26.8. The molecular formula is C56H95NO7P+. The summed E-state index contributed by atoms with van der Waals surface area (Å²) in [6.07, 6.45) is 68.3. The van der Waals surface area contributed by atoms with Crippen molar-refractivity contribution >= 4 is 13.8 Å². The van der Waals surface area contributed by atoms with E-state index in [2.05, 4.69) is 135 Å². The Morgan fingerprint density at radius 2 is 0.846 bits per heavy atom. The van der Waals surface area contributed by atoms with Gasteiger partial charge in [-0.2, -0.15) is 0 Å². The number of likely N-dealkylation sites (N-methyl/N-ethyl adjacent to an activating group) is 1. The first-order valence-electron chi connectivity index (χ1n) is 25.3. The van der Waals surface area contributed by atoms with E-state index in [0.717, 1.165) is 96.3 Å². The van der Waals surface area contributed by atoms with Crippen LogP contribution in [0, 0.1) is 0 Å². The molecule has 8 nitrogen and oxygen atoms in total. The number of esters is 1. The molecule has 0 aliphatic rings. The first kappa shape index (κ1) is 61.9.